The topological polar surface area (TPSA) is 69.0 Å². The summed E-state index contributed by atoms with van der Waals surface area (Å²) in [5.74, 6) is -0.766. The molecule has 0 aliphatic carbocycles. The molecule has 6 heteroatoms. The minimum absolute atomic E-state index is 0.0704. The normalized spacial score (nSPS) is 34.5. The van der Waals surface area contributed by atoms with Crippen molar-refractivity contribution >= 4 is 11.9 Å². The molecule has 0 aromatic carbocycles. The van der Waals surface area contributed by atoms with Gasteiger partial charge in [-0.05, 0) is 26.0 Å². The van der Waals surface area contributed by atoms with Gasteiger partial charge in [-0.3, -0.25) is 9.59 Å². The summed E-state index contributed by atoms with van der Waals surface area (Å²) in [6.07, 6.45) is 4.83. The summed E-state index contributed by atoms with van der Waals surface area (Å²) in [6, 6.07) is 3.62. The third-order valence-corrected chi connectivity index (χ3v) is 4.73. The van der Waals surface area contributed by atoms with Crippen molar-refractivity contribution in [2.45, 2.75) is 38.2 Å². The van der Waals surface area contributed by atoms with Crippen molar-refractivity contribution in [2.24, 2.45) is 11.8 Å². The lowest BCUT2D eigenvalue weighted by atomic mass is 9.77. The number of carbonyl (C=O) groups is 2. The van der Waals surface area contributed by atoms with Crippen LogP contribution in [0.2, 0.25) is 0 Å². The van der Waals surface area contributed by atoms with E-state index in [2.05, 4.69) is 0 Å². The summed E-state index contributed by atoms with van der Waals surface area (Å²) in [6.45, 7) is 4.43. The predicted molar refractivity (Wildman–Crippen MR) is 79.1 cm³/mol. The monoisotopic (exact) mass is 317 g/mol. The lowest BCUT2D eigenvalue weighted by Crippen LogP contribution is -2.40. The fourth-order valence-electron chi connectivity index (χ4n) is 3.88. The van der Waals surface area contributed by atoms with Gasteiger partial charge in [-0.1, -0.05) is 12.2 Å². The second-order valence-electron chi connectivity index (χ2n) is 6.66. The van der Waals surface area contributed by atoms with E-state index in [1.54, 1.807) is 31.1 Å². The maximum Gasteiger partial charge on any atom is 0.313 e. The minimum Gasteiger partial charge on any atom is -0.467 e. The van der Waals surface area contributed by atoms with Crippen LogP contribution in [0, 0.1) is 11.8 Å². The first-order valence-corrected chi connectivity index (χ1v) is 7.89. The van der Waals surface area contributed by atoms with E-state index >= 15 is 0 Å². The number of likely N-dealkylation sites (tertiary alicyclic amines) is 1. The molecule has 3 aliphatic rings. The zero-order valence-electron chi connectivity index (χ0n) is 13.1. The van der Waals surface area contributed by atoms with Gasteiger partial charge < -0.3 is 18.8 Å². The zero-order chi connectivity index (χ0) is 16.2. The Morgan fingerprint density at radius 3 is 3.04 bits per heavy atom. The third kappa shape index (κ3) is 2.12. The van der Waals surface area contributed by atoms with Crippen molar-refractivity contribution in [3.8, 4) is 0 Å². The molecule has 122 valence electrons. The van der Waals surface area contributed by atoms with E-state index < -0.39 is 17.4 Å². The van der Waals surface area contributed by atoms with Crippen LogP contribution in [0.4, 0.5) is 0 Å². The first kappa shape index (κ1) is 14.5. The van der Waals surface area contributed by atoms with Crippen LogP contribution in [-0.4, -0.2) is 41.1 Å². The molecule has 1 aromatic rings. The first-order chi connectivity index (χ1) is 11.0. The highest BCUT2D eigenvalue weighted by molar-refractivity contribution is 5.91. The molecule has 4 heterocycles. The van der Waals surface area contributed by atoms with Crippen LogP contribution >= 0.6 is 0 Å². The average Bonchev–Trinajstić information content (AvgIpc) is 3.21. The van der Waals surface area contributed by atoms with Gasteiger partial charge in [0.2, 0.25) is 5.91 Å². The van der Waals surface area contributed by atoms with Gasteiger partial charge in [0.25, 0.3) is 0 Å². The van der Waals surface area contributed by atoms with E-state index in [-0.39, 0.29) is 24.1 Å². The molecule has 3 aliphatic heterocycles. The Bertz CT molecular complexity index is 665. The van der Waals surface area contributed by atoms with E-state index in [1.807, 2.05) is 18.2 Å². The van der Waals surface area contributed by atoms with Gasteiger partial charge in [-0.25, -0.2) is 0 Å². The molecule has 2 fully saturated rings. The zero-order valence-corrected chi connectivity index (χ0v) is 13.1. The summed E-state index contributed by atoms with van der Waals surface area (Å²) in [4.78, 5) is 27.0. The lowest BCUT2D eigenvalue weighted by molar-refractivity contribution is -0.157. The minimum atomic E-state index is -0.699. The Morgan fingerprint density at radius 2 is 2.35 bits per heavy atom. The van der Waals surface area contributed by atoms with Gasteiger partial charge in [-0.15, -0.1) is 0 Å². The van der Waals surface area contributed by atoms with Crippen LogP contribution in [0.1, 0.15) is 19.6 Å². The van der Waals surface area contributed by atoms with Crippen molar-refractivity contribution in [3.63, 3.8) is 0 Å². The third-order valence-electron chi connectivity index (χ3n) is 4.73. The number of furan rings is 1. The Balaban J connectivity index is 1.59. The summed E-state index contributed by atoms with van der Waals surface area (Å²) in [5.41, 5.74) is -0.699. The SMILES string of the molecule is CC(C)OC(=O)C1C2C=CC3(CN(Cc4ccco4)C(=O)C13)O2. The number of ether oxygens (including phenoxy) is 2. The second-order valence-corrected chi connectivity index (χ2v) is 6.66. The van der Waals surface area contributed by atoms with E-state index in [4.69, 9.17) is 13.9 Å². The largest absolute Gasteiger partial charge is 0.467 e. The Hall–Kier alpha value is -2.08. The standard InChI is InChI=1S/C17H19NO5/c1-10(2)22-16(20)13-12-5-6-17(23-12)9-18(15(19)14(13)17)8-11-4-3-7-21-11/h3-7,10,12-14H,8-9H2,1-2H3. The molecule has 2 bridgehead atoms. The predicted octanol–water partition coefficient (Wildman–Crippen LogP) is 1.51. The molecular weight excluding hydrogens is 298 g/mol. The first-order valence-electron chi connectivity index (χ1n) is 7.89. The quantitative estimate of drug-likeness (QED) is 0.622. The molecule has 2 saturated heterocycles. The molecule has 1 amide bonds. The maximum absolute atomic E-state index is 12.9. The molecule has 1 aromatic heterocycles. The lowest BCUT2D eigenvalue weighted by Gasteiger charge is -2.23. The molecule has 4 atom stereocenters. The van der Waals surface area contributed by atoms with Gasteiger partial charge in [-0.2, -0.15) is 0 Å². The van der Waals surface area contributed by atoms with Crippen LogP contribution in [0.5, 0.6) is 0 Å². The molecule has 1 spiro atoms. The van der Waals surface area contributed by atoms with Crippen molar-refractivity contribution in [1.29, 1.82) is 0 Å². The van der Waals surface area contributed by atoms with Gasteiger partial charge in [0.05, 0.1) is 37.5 Å². The van der Waals surface area contributed by atoms with E-state index in [9.17, 15) is 9.59 Å². The van der Waals surface area contributed by atoms with Gasteiger partial charge in [0.1, 0.15) is 17.3 Å². The molecule has 0 N–H and O–H groups in total. The fourth-order valence-corrected chi connectivity index (χ4v) is 3.88. The molecular formula is C17H19NO5. The van der Waals surface area contributed by atoms with E-state index in [0.717, 1.165) is 5.76 Å². The smallest absolute Gasteiger partial charge is 0.313 e. The summed E-state index contributed by atoms with van der Waals surface area (Å²) in [5, 5.41) is 0. The van der Waals surface area contributed by atoms with Crippen molar-refractivity contribution in [3.05, 3.63) is 36.3 Å². The van der Waals surface area contributed by atoms with Crippen molar-refractivity contribution < 1.29 is 23.5 Å². The highest BCUT2D eigenvalue weighted by atomic mass is 16.6. The Labute approximate surface area is 134 Å². The maximum atomic E-state index is 12.9. The molecule has 0 radical (unpaired) electrons. The highest BCUT2D eigenvalue weighted by Gasteiger charge is 2.67. The van der Waals surface area contributed by atoms with Crippen LogP contribution in [0.3, 0.4) is 0 Å². The van der Waals surface area contributed by atoms with Crippen LogP contribution in [0.25, 0.3) is 0 Å². The van der Waals surface area contributed by atoms with E-state index in [0.29, 0.717) is 13.1 Å². The van der Waals surface area contributed by atoms with Crippen LogP contribution in [0.15, 0.2) is 35.0 Å². The summed E-state index contributed by atoms with van der Waals surface area (Å²) >= 11 is 0. The molecule has 0 saturated carbocycles. The molecule has 6 nitrogen and oxygen atoms in total. The number of hydrogen-bond donors (Lipinski definition) is 0. The number of rotatable bonds is 4. The molecule has 4 unspecified atom stereocenters. The number of fused-ring (bicyclic) bond motifs is 1. The van der Waals surface area contributed by atoms with Crippen LogP contribution in [-0.2, 0) is 25.6 Å². The number of esters is 1. The number of amides is 1. The van der Waals surface area contributed by atoms with Crippen LogP contribution < -0.4 is 0 Å². The van der Waals surface area contributed by atoms with Crippen molar-refractivity contribution in [1.82, 2.24) is 4.90 Å². The number of nitrogens with zero attached hydrogens (tertiary/aromatic N) is 1. The summed E-state index contributed by atoms with van der Waals surface area (Å²) < 4.78 is 16.7. The molecule has 23 heavy (non-hydrogen) atoms. The Kier molecular flexibility index (Phi) is 3.13. The van der Waals surface area contributed by atoms with Gasteiger partial charge in [0.15, 0.2) is 0 Å². The second kappa shape index (κ2) is 4.96. The molecule has 4 rings (SSSR count). The number of hydrogen-bond acceptors (Lipinski definition) is 5. The summed E-state index contributed by atoms with van der Waals surface area (Å²) in [7, 11) is 0. The number of carbonyl (C=O) groups excluding carboxylic acids is 2. The van der Waals surface area contributed by atoms with Crippen molar-refractivity contribution in [2.75, 3.05) is 6.54 Å². The Morgan fingerprint density at radius 1 is 1.52 bits per heavy atom. The van der Waals surface area contributed by atoms with E-state index in [1.165, 1.54) is 0 Å². The van der Waals surface area contributed by atoms with Gasteiger partial charge in [0, 0.05) is 0 Å². The fraction of sp³-hybridized carbons (Fsp3) is 0.529. The average molecular weight is 317 g/mol. The van der Waals surface area contributed by atoms with Gasteiger partial charge >= 0.3 is 5.97 Å². The highest BCUT2D eigenvalue weighted by Crippen LogP contribution is 2.52.